The Morgan fingerprint density at radius 2 is 1.81 bits per heavy atom. The molecule has 1 heterocycles. The average molecular weight is 446 g/mol. The molecule has 0 amide bonds. The van der Waals surface area contributed by atoms with Crippen LogP contribution in [0.15, 0.2) is 54.6 Å². The summed E-state index contributed by atoms with van der Waals surface area (Å²) in [4.78, 5) is 0. The molecule has 6 nitrogen and oxygen atoms in total. The van der Waals surface area contributed by atoms with E-state index in [4.69, 9.17) is 4.74 Å². The Hall–Kier alpha value is -2.71. The molecule has 0 aliphatic heterocycles. The molecule has 3 aromatic rings. The molecule has 31 heavy (non-hydrogen) atoms. The zero-order chi connectivity index (χ0) is 22.6. The van der Waals surface area contributed by atoms with Crippen molar-refractivity contribution in [3.63, 3.8) is 0 Å². The largest absolute Gasteiger partial charge is 0.439 e. The molecule has 0 aliphatic carbocycles. The molecular formula is C23H28FN3O3S. The summed E-state index contributed by atoms with van der Waals surface area (Å²) in [6, 6.07) is 16.3. The van der Waals surface area contributed by atoms with Gasteiger partial charge in [0.1, 0.15) is 12.4 Å². The molecule has 0 saturated heterocycles. The molecule has 0 atom stereocenters. The Balaban J connectivity index is 1.90. The van der Waals surface area contributed by atoms with E-state index in [2.05, 4.69) is 9.82 Å². The number of benzene rings is 2. The molecule has 1 N–H and O–H groups in total. The SMILES string of the molecule is CCn1nc(-c2cccc(C(C)(C)NS(=O)(=O)CC)c2)cc1Oc1ccc(CF)cc1. The van der Waals surface area contributed by atoms with Gasteiger partial charge in [0.05, 0.1) is 17.0 Å². The van der Waals surface area contributed by atoms with Gasteiger partial charge in [-0.2, -0.15) is 5.10 Å². The molecule has 1 aromatic heterocycles. The highest BCUT2D eigenvalue weighted by Gasteiger charge is 2.26. The molecule has 0 radical (unpaired) electrons. The lowest BCUT2D eigenvalue weighted by atomic mass is 9.93. The first-order valence-electron chi connectivity index (χ1n) is 10.2. The summed E-state index contributed by atoms with van der Waals surface area (Å²) in [5, 5.41) is 4.64. The Kier molecular flexibility index (Phi) is 6.81. The minimum absolute atomic E-state index is 0.0179. The summed E-state index contributed by atoms with van der Waals surface area (Å²) in [5.74, 6) is 1.19. The first-order chi connectivity index (χ1) is 14.7. The van der Waals surface area contributed by atoms with Crippen LogP contribution in [0.1, 0.15) is 38.8 Å². The molecule has 0 saturated carbocycles. The highest BCUT2D eigenvalue weighted by molar-refractivity contribution is 7.89. The second-order valence-electron chi connectivity index (χ2n) is 7.77. The summed E-state index contributed by atoms with van der Waals surface area (Å²) in [6.07, 6.45) is 0. The summed E-state index contributed by atoms with van der Waals surface area (Å²) >= 11 is 0. The van der Waals surface area contributed by atoms with Gasteiger partial charge in [-0.25, -0.2) is 22.2 Å². The van der Waals surface area contributed by atoms with Crippen LogP contribution in [0.4, 0.5) is 4.39 Å². The minimum atomic E-state index is -3.36. The number of rotatable bonds is 9. The summed E-state index contributed by atoms with van der Waals surface area (Å²) in [7, 11) is -3.36. The standard InChI is InChI=1S/C23H28FN3O3S/c1-5-27-22(30-20-12-10-17(16-24)11-13-20)15-21(25-27)18-8-7-9-19(14-18)23(3,4)26-31(28,29)6-2/h7-15,26H,5-6,16H2,1-4H3. The van der Waals surface area contributed by atoms with E-state index in [0.29, 0.717) is 29.4 Å². The first-order valence-corrected chi connectivity index (χ1v) is 11.9. The van der Waals surface area contributed by atoms with Gasteiger partial charge >= 0.3 is 0 Å². The van der Waals surface area contributed by atoms with Crippen LogP contribution in [-0.2, 0) is 28.8 Å². The van der Waals surface area contributed by atoms with E-state index < -0.39 is 22.2 Å². The van der Waals surface area contributed by atoms with E-state index in [1.165, 1.54) is 0 Å². The van der Waals surface area contributed by atoms with Crippen LogP contribution >= 0.6 is 0 Å². The van der Waals surface area contributed by atoms with Crippen molar-refractivity contribution in [3.05, 3.63) is 65.7 Å². The van der Waals surface area contributed by atoms with Gasteiger partial charge in [0.15, 0.2) is 0 Å². The third-order valence-electron chi connectivity index (χ3n) is 5.01. The highest BCUT2D eigenvalue weighted by atomic mass is 32.2. The zero-order valence-electron chi connectivity index (χ0n) is 18.2. The van der Waals surface area contributed by atoms with Crippen LogP contribution in [0.5, 0.6) is 11.6 Å². The predicted octanol–water partition coefficient (Wildman–Crippen LogP) is 5.01. The van der Waals surface area contributed by atoms with Crippen LogP contribution in [0, 0.1) is 0 Å². The van der Waals surface area contributed by atoms with Crippen LogP contribution < -0.4 is 9.46 Å². The predicted molar refractivity (Wildman–Crippen MR) is 120 cm³/mol. The van der Waals surface area contributed by atoms with Crippen LogP contribution in [-0.4, -0.2) is 24.0 Å². The Bertz CT molecular complexity index is 1140. The van der Waals surface area contributed by atoms with Gasteiger partial charge < -0.3 is 4.74 Å². The first kappa shape index (κ1) is 23.0. The van der Waals surface area contributed by atoms with Crippen molar-refractivity contribution in [2.24, 2.45) is 0 Å². The molecule has 0 aliphatic rings. The normalized spacial score (nSPS) is 12.2. The number of sulfonamides is 1. The fourth-order valence-electron chi connectivity index (χ4n) is 3.20. The number of nitrogens with one attached hydrogen (secondary N) is 1. The van der Waals surface area contributed by atoms with Gasteiger partial charge in [-0.15, -0.1) is 0 Å². The fourth-order valence-corrected chi connectivity index (χ4v) is 4.24. The van der Waals surface area contributed by atoms with Crippen LogP contribution in [0.3, 0.4) is 0 Å². The maximum absolute atomic E-state index is 12.7. The van der Waals surface area contributed by atoms with Crippen molar-refractivity contribution in [3.8, 4) is 22.9 Å². The van der Waals surface area contributed by atoms with Crippen molar-refractivity contribution < 1.29 is 17.5 Å². The van der Waals surface area contributed by atoms with Gasteiger partial charge in [0, 0.05) is 18.2 Å². The minimum Gasteiger partial charge on any atom is -0.439 e. The van der Waals surface area contributed by atoms with Crippen LogP contribution in [0.25, 0.3) is 11.3 Å². The number of alkyl halides is 1. The molecule has 2 aromatic carbocycles. The number of hydrogen-bond donors (Lipinski definition) is 1. The lowest BCUT2D eigenvalue weighted by Gasteiger charge is -2.26. The highest BCUT2D eigenvalue weighted by Crippen LogP contribution is 2.30. The smallest absolute Gasteiger partial charge is 0.218 e. The second kappa shape index (κ2) is 9.20. The van der Waals surface area contributed by atoms with E-state index in [9.17, 15) is 12.8 Å². The van der Waals surface area contributed by atoms with Crippen LogP contribution in [0.2, 0.25) is 0 Å². The van der Waals surface area contributed by atoms with Gasteiger partial charge in [0.25, 0.3) is 0 Å². The molecule has 3 rings (SSSR count). The quantitative estimate of drug-likeness (QED) is 0.503. The van der Waals surface area contributed by atoms with E-state index >= 15 is 0 Å². The third kappa shape index (κ3) is 5.51. The van der Waals surface area contributed by atoms with E-state index in [-0.39, 0.29) is 5.75 Å². The Morgan fingerprint density at radius 3 is 2.42 bits per heavy atom. The Labute approximate surface area is 183 Å². The second-order valence-corrected chi connectivity index (χ2v) is 9.79. The topological polar surface area (TPSA) is 73.2 Å². The molecule has 0 fully saturated rings. The fraction of sp³-hybridized carbons (Fsp3) is 0.348. The van der Waals surface area contributed by atoms with Gasteiger partial charge in [0.2, 0.25) is 15.9 Å². The van der Waals surface area contributed by atoms with E-state index in [1.807, 2.05) is 51.1 Å². The van der Waals surface area contributed by atoms with Crippen molar-refractivity contribution in [2.45, 2.75) is 46.5 Å². The summed E-state index contributed by atoms with van der Waals surface area (Å²) in [5.41, 5.74) is 2.22. The molecule has 8 heteroatoms. The van der Waals surface area contributed by atoms with Gasteiger partial charge in [-0.1, -0.05) is 30.3 Å². The van der Waals surface area contributed by atoms with Crippen molar-refractivity contribution >= 4 is 10.0 Å². The lowest BCUT2D eigenvalue weighted by Crippen LogP contribution is -2.41. The van der Waals surface area contributed by atoms with Gasteiger partial charge in [-0.05, 0) is 57.0 Å². The number of hydrogen-bond acceptors (Lipinski definition) is 4. The number of aromatic nitrogens is 2. The molecule has 0 spiro atoms. The molecule has 166 valence electrons. The van der Waals surface area contributed by atoms with Crippen molar-refractivity contribution in [2.75, 3.05) is 5.75 Å². The Morgan fingerprint density at radius 1 is 1.10 bits per heavy atom. The average Bonchev–Trinajstić information content (AvgIpc) is 3.16. The number of nitrogens with zero attached hydrogens (tertiary/aromatic N) is 2. The van der Waals surface area contributed by atoms with Crippen molar-refractivity contribution in [1.29, 1.82) is 0 Å². The maximum atomic E-state index is 12.7. The monoisotopic (exact) mass is 445 g/mol. The molecule has 0 unspecified atom stereocenters. The zero-order valence-corrected chi connectivity index (χ0v) is 19.0. The lowest BCUT2D eigenvalue weighted by molar-refractivity contribution is 0.416. The van der Waals surface area contributed by atoms with Crippen molar-refractivity contribution in [1.82, 2.24) is 14.5 Å². The number of halogens is 1. The van der Waals surface area contributed by atoms with Gasteiger partial charge in [-0.3, -0.25) is 0 Å². The summed E-state index contributed by atoms with van der Waals surface area (Å²) in [6.45, 7) is 7.34. The number of aryl methyl sites for hydroxylation is 1. The molecular weight excluding hydrogens is 417 g/mol. The van der Waals surface area contributed by atoms with E-state index in [0.717, 1.165) is 11.1 Å². The third-order valence-corrected chi connectivity index (χ3v) is 6.59. The molecule has 0 bridgehead atoms. The number of ether oxygens (including phenoxy) is 1. The summed E-state index contributed by atoms with van der Waals surface area (Å²) < 4.78 is 47.3. The van der Waals surface area contributed by atoms with E-state index in [1.54, 1.807) is 35.9 Å². The maximum Gasteiger partial charge on any atom is 0.218 e.